The lowest BCUT2D eigenvalue weighted by Gasteiger charge is -1.93. The van der Waals surface area contributed by atoms with Crippen LogP contribution in [0.4, 0.5) is 0 Å². The molecule has 0 amide bonds. The molecule has 0 N–H and O–H groups in total. The summed E-state index contributed by atoms with van der Waals surface area (Å²) in [4.78, 5) is 0. The maximum atomic E-state index is 4.88. The van der Waals surface area contributed by atoms with Crippen LogP contribution in [0.1, 0.15) is 6.92 Å². The summed E-state index contributed by atoms with van der Waals surface area (Å²) in [6.07, 6.45) is 1.58. The first-order chi connectivity index (χ1) is 2.81. The number of rotatable bonds is 2. The molecule has 1 atom stereocenters. The molecule has 0 aromatic carbocycles. The third-order valence-corrected chi connectivity index (χ3v) is 0.753. The predicted octanol–water partition coefficient (Wildman–Crippen LogP) is 1.73. The van der Waals surface area contributed by atoms with Gasteiger partial charge in [0.25, 0.3) is 0 Å². The Morgan fingerprint density at radius 2 is 2.50 bits per heavy atom. The fraction of sp³-hybridized carbons (Fsp3) is 0.500. The van der Waals surface area contributed by atoms with Gasteiger partial charge in [0.05, 0.1) is 18.0 Å². The van der Waals surface area contributed by atoms with Gasteiger partial charge < -0.3 is 0 Å². The van der Waals surface area contributed by atoms with E-state index in [1.165, 1.54) is 0 Å². The van der Waals surface area contributed by atoms with E-state index in [-0.39, 0.29) is 6.10 Å². The van der Waals surface area contributed by atoms with Crippen molar-refractivity contribution in [1.29, 1.82) is 0 Å². The third kappa shape index (κ3) is 2.24. The molecule has 0 saturated heterocycles. The van der Waals surface area contributed by atoms with Gasteiger partial charge in [-0.2, -0.15) is 0 Å². The van der Waals surface area contributed by atoms with Gasteiger partial charge in [-0.15, -0.1) is 6.58 Å². The van der Waals surface area contributed by atoms with E-state index in [4.69, 9.17) is 11.9 Å². The second-order valence-electron chi connectivity index (χ2n) is 1.03. The number of halogens is 1. The number of hydrogen-bond donors (Lipinski definition) is 0. The molecule has 0 fully saturated rings. The molecule has 0 rings (SSSR count). The van der Waals surface area contributed by atoms with E-state index in [1.807, 2.05) is 0 Å². The molecule has 0 bridgehead atoms. The SMILES string of the molecule is C=CC(C)OCl. The quantitative estimate of drug-likeness (QED) is 0.487. The van der Waals surface area contributed by atoms with E-state index in [0.29, 0.717) is 0 Å². The topological polar surface area (TPSA) is 9.23 Å². The molecule has 0 radical (unpaired) electrons. The van der Waals surface area contributed by atoms with Gasteiger partial charge in [0.2, 0.25) is 0 Å². The molecular weight excluding hydrogens is 99.5 g/mol. The Morgan fingerprint density at radius 1 is 2.00 bits per heavy atom. The third-order valence-electron chi connectivity index (χ3n) is 0.472. The van der Waals surface area contributed by atoms with Crippen LogP contribution in [0.25, 0.3) is 0 Å². The first kappa shape index (κ1) is 5.99. The van der Waals surface area contributed by atoms with Gasteiger partial charge in [0.15, 0.2) is 0 Å². The molecule has 0 aliphatic heterocycles. The highest BCUT2D eigenvalue weighted by molar-refractivity contribution is 6.07. The van der Waals surface area contributed by atoms with Crippen molar-refractivity contribution < 1.29 is 4.29 Å². The summed E-state index contributed by atoms with van der Waals surface area (Å²) in [6, 6.07) is 0. The molecule has 0 aromatic heterocycles. The molecule has 0 aliphatic carbocycles. The average molecular weight is 107 g/mol. The minimum atomic E-state index is -0.0355. The van der Waals surface area contributed by atoms with Crippen molar-refractivity contribution in [2.75, 3.05) is 0 Å². The Morgan fingerprint density at radius 3 is 2.50 bits per heavy atom. The minimum Gasteiger partial charge on any atom is -0.272 e. The molecule has 0 heterocycles. The van der Waals surface area contributed by atoms with Crippen molar-refractivity contribution in [3.63, 3.8) is 0 Å². The molecular formula is C4H7ClO. The van der Waals surface area contributed by atoms with E-state index >= 15 is 0 Å². The van der Waals surface area contributed by atoms with Gasteiger partial charge in [-0.1, -0.05) is 6.08 Å². The van der Waals surface area contributed by atoms with Gasteiger partial charge >= 0.3 is 0 Å². The van der Waals surface area contributed by atoms with Gasteiger partial charge in [-0.3, -0.25) is 4.29 Å². The van der Waals surface area contributed by atoms with Crippen LogP contribution in [-0.2, 0) is 4.29 Å². The van der Waals surface area contributed by atoms with Crippen molar-refractivity contribution >= 4 is 11.9 Å². The highest BCUT2D eigenvalue weighted by Crippen LogP contribution is 1.91. The fourth-order valence-electron chi connectivity index (χ4n) is 0.0364. The van der Waals surface area contributed by atoms with Crippen LogP contribution < -0.4 is 0 Å². The first-order valence-corrected chi connectivity index (χ1v) is 2.02. The van der Waals surface area contributed by atoms with Gasteiger partial charge in [0.1, 0.15) is 0 Å². The summed E-state index contributed by atoms with van der Waals surface area (Å²) in [7, 11) is 0. The zero-order valence-electron chi connectivity index (χ0n) is 3.65. The lowest BCUT2D eigenvalue weighted by Crippen LogP contribution is -1.92. The smallest absolute Gasteiger partial charge is 0.0941 e. The van der Waals surface area contributed by atoms with E-state index in [1.54, 1.807) is 13.0 Å². The van der Waals surface area contributed by atoms with Crippen LogP contribution >= 0.6 is 11.9 Å². The van der Waals surface area contributed by atoms with Gasteiger partial charge in [-0.25, -0.2) is 0 Å². The summed E-state index contributed by atoms with van der Waals surface area (Å²) >= 11 is 4.88. The Kier molecular flexibility index (Phi) is 3.19. The Bertz CT molecular complexity index is 44.8. The largest absolute Gasteiger partial charge is 0.272 e. The normalized spacial score (nSPS) is 13.7. The Balaban J connectivity index is 2.96. The molecule has 0 aromatic rings. The highest BCUT2D eigenvalue weighted by atomic mass is 35.5. The van der Waals surface area contributed by atoms with Crippen LogP contribution in [0.5, 0.6) is 0 Å². The highest BCUT2D eigenvalue weighted by Gasteiger charge is 1.86. The standard InChI is InChI=1S/C4H7ClO/c1-3-4(2)6-5/h3-4H,1H2,2H3. The van der Waals surface area contributed by atoms with Crippen LogP contribution in [0.3, 0.4) is 0 Å². The zero-order chi connectivity index (χ0) is 4.99. The lowest BCUT2D eigenvalue weighted by molar-refractivity contribution is 0.300. The van der Waals surface area contributed by atoms with Crippen LogP contribution in [0.15, 0.2) is 12.7 Å². The van der Waals surface area contributed by atoms with E-state index in [9.17, 15) is 0 Å². The minimum absolute atomic E-state index is 0.0355. The van der Waals surface area contributed by atoms with Crippen molar-refractivity contribution in [3.05, 3.63) is 12.7 Å². The number of hydrogen-bond acceptors (Lipinski definition) is 1. The second-order valence-corrected chi connectivity index (χ2v) is 1.21. The Labute approximate surface area is 42.7 Å². The van der Waals surface area contributed by atoms with Crippen molar-refractivity contribution in [1.82, 2.24) is 0 Å². The first-order valence-electron chi connectivity index (χ1n) is 1.71. The maximum absolute atomic E-state index is 4.88. The monoisotopic (exact) mass is 106 g/mol. The summed E-state index contributed by atoms with van der Waals surface area (Å²) < 4.78 is 4.25. The lowest BCUT2D eigenvalue weighted by atomic mass is 10.4. The predicted molar refractivity (Wildman–Crippen MR) is 26.6 cm³/mol. The van der Waals surface area contributed by atoms with E-state index in [2.05, 4.69) is 10.9 Å². The maximum Gasteiger partial charge on any atom is 0.0941 e. The van der Waals surface area contributed by atoms with Crippen molar-refractivity contribution in [2.45, 2.75) is 13.0 Å². The van der Waals surface area contributed by atoms with Crippen molar-refractivity contribution in [3.8, 4) is 0 Å². The molecule has 2 heteroatoms. The molecule has 6 heavy (non-hydrogen) atoms. The van der Waals surface area contributed by atoms with Gasteiger partial charge in [-0.05, 0) is 6.92 Å². The summed E-state index contributed by atoms with van der Waals surface area (Å²) in [5, 5.41) is 0. The molecule has 0 aliphatic rings. The molecule has 1 nitrogen and oxygen atoms in total. The summed E-state index contributed by atoms with van der Waals surface area (Å²) in [5.41, 5.74) is 0. The zero-order valence-corrected chi connectivity index (χ0v) is 4.40. The van der Waals surface area contributed by atoms with E-state index < -0.39 is 0 Å². The average Bonchev–Trinajstić information content (AvgIpc) is 1.65. The molecule has 0 spiro atoms. The molecule has 0 saturated carbocycles. The van der Waals surface area contributed by atoms with Crippen LogP contribution in [-0.4, -0.2) is 6.10 Å². The van der Waals surface area contributed by atoms with Gasteiger partial charge in [0, 0.05) is 0 Å². The Hall–Kier alpha value is -0.0100. The van der Waals surface area contributed by atoms with Crippen molar-refractivity contribution in [2.24, 2.45) is 0 Å². The fourth-order valence-corrected chi connectivity index (χ4v) is 0.109. The molecule has 1 unspecified atom stereocenters. The van der Waals surface area contributed by atoms with E-state index in [0.717, 1.165) is 0 Å². The van der Waals surface area contributed by atoms with Crippen LogP contribution in [0, 0.1) is 0 Å². The summed E-state index contributed by atoms with van der Waals surface area (Å²) in [6.45, 7) is 5.23. The summed E-state index contributed by atoms with van der Waals surface area (Å²) in [5.74, 6) is 0. The second kappa shape index (κ2) is 3.19. The van der Waals surface area contributed by atoms with Crippen LogP contribution in [0.2, 0.25) is 0 Å². The molecule has 36 valence electrons.